The van der Waals surface area contributed by atoms with E-state index < -0.39 is 0 Å². The molecule has 2 amide bonds. The van der Waals surface area contributed by atoms with Crippen LogP contribution in [0.2, 0.25) is 0 Å². The van der Waals surface area contributed by atoms with Gasteiger partial charge >= 0.3 is 0 Å². The molecular weight excluding hydrogens is 422 g/mol. The van der Waals surface area contributed by atoms with Crippen LogP contribution in [0.5, 0.6) is 0 Å². The van der Waals surface area contributed by atoms with Crippen molar-refractivity contribution in [2.24, 2.45) is 0 Å². The Morgan fingerprint density at radius 2 is 1.38 bits per heavy atom. The molecule has 0 unspecified atom stereocenters. The van der Waals surface area contributed by atoms with Crippen LogP contribution in [0.15, 0.2) is 84.9 Å². The lowest BCUT2D eigenvalue weighted by molar-refractivity contribution is -0.131. The van der Waals surface area contributed by atoms with Crippen LogP contribution in [0.3, 0.4) is 0 Å². The number of amides is 2. The maximum atomic E-state index is 13.4. The summed E-state index contributed by atoms with van der Waals surface area (Å²) in [6.45, 7) is 5.90. The summed E-state index contributed by atoms with van der Waals surface area (Å²) in [7, 11) is 0. The molecule has 1 aliphatic heterocycles. The fourth-order valence-electron chi connectivity index (χ4n) is 4.56. The summed E-state index contributed by atoms with van der Waals surface area (Å²) >= 11 is 0. The van der Waals surface area contributed by atoms with Crippen molar-refractivity contribution in [2.75, 3.05) is 31.1 Å². The Morgan fingerprint density at radius 1 is 0.735 bits per heavy atom. The first-order valence-corrected chi connectivity index (χ1v) is 12.0. The van der Waals surface area contributed by atoms with E-state index in [1.807, 2.05) is 70.5 Å². The van der Waals surface area contributed by atoms with Crippen LogP contribution in [0.4, 0.5) is 5.69 Å². The summed E-state index contributed by atoms with van der Waals surface area (Å²) in [5, 5.41) is 0. The molecule has 34 heavy (non-hydrogen) atoms. The first kappa shape index (κ1) is 23.7. The number of carbonyl (C=O) groups excluding carboxylic acids is 2. The van der Waals surface area contributed by atoms with Crippen molar-refractivity contribution in [1.82, 2.24) is 9.80 Å². The van der Waals surface area contributed by atoms with Gasteiger partial charge in [0.05, 0.1) is 6.42 Å². The van der Waals surface area contributed by atoms with E-state index in [1.165, 1.54) is 5.56 Å². The highest BCUT2D eigenvalue weighted by Gasteiger charge is 2.22. The van der Waals surface area contributed by atoms with Crippen molar-refractivity contribution in [3.05, 3.63) is 102 Å². The van der Waals surface area contributed by atoms with Crippen molar-refractivity contribution < 1.29 is 9.59 Å². The molecule has 0 fully saturated rings. The molecular formula is C29H33N3O2. The molecule has 3 aromatic carbocycles. The summed E-state index contributed by atoms with van der Waals surface area (Å²) < 4.78 is 0. The molecule has 0 saturated heterocycles. The van der Waals surface area contributed by atoms with Gasteiger partial charge in [-0.1, -0.05) is 78.9 Å². The maximum Gasteiger partial charge on any atom is 0.227 e. The number of hydrogen-bond donors (Lipinski definition) is 0. The molecule has 0 radical (unpaired) electrons. The first-order valence-electron chi connectivity index (χ1n) is 12.0. The fraction of sp³-hybridized carbons (Fsp3) is 0.310. The molecule has 0 atom stereocenters. The third-order valence-electron chi connectivity index (χ3n) is 6.37. The molecule has 5 nitrogen and oxygen atoms in total. The minimum atomic E-state index is 0.0310. The van der Waals surface area contributed by atoms with Crippen molar-refractivity contribution in [1.29, 1.82) is 0 Å². The zero-order valence-corrected chi connectivity index (χ0v) is 19.9. The van der Waals surface area contributed by atoms with Gasteiger partial charge in [0.15, 0.2) is 0 Å². The minimum Gasteiger partial charge on any atom is -0.337 e. The average Bonchev–Trinajstić information content (AvgIpc) is 2.88. The summed E-state index contributed by atoms with van der Waals surface area (Å²) in [5.41, 5.74) is 4.19. The van der Waals surface area contributed by atoms with Crippen LogP contribution in [-0.4, -0.2) is 47.8 Å². The molecule has 1 heterocycles. The van der Waals surface area contributed by atoms with E-state index in [4.69, 9.17) is 0 Å². The highest BCUT2D eigenvalue weighted by molar-refractivity contribution is 5.92. The maximum absolute atomic E-state index is 13.4. The molecule has 0 bridgehead atoms. The minimum absolute atomic E-state index is 0.0310. The Bertz CT molecular complexity index is 1080. The molecule has 1 aliphatic rings. The number of anilines is 1. The van der Waals surface area contributed by atoms with Gasteiger partial charge in [-0.2, -0.15) is 0 Å². The number of benzene rings is 3. The Hall–Kier alpha value is -3.44. The SMILES string of the molecule is CC(=O)N1CCCN(Cc2ccccc2)CCN(C(=O)Cc2ccccc2)Cc2ccccc21. The van der Waals surface area contributed by atoms with Gasteiger partial charge in [0.2, 0.25) is 11.8 Å². The molecule has 3 aromatic rings. The van der Waals surface area contributed by atoms with Gasteiger partial charge in [0.1, 0.15) is 0 Å². The van der Waals surface area contributed by atoms with Gasteiger partial charge in [-0.05, 0) is 29.2 Å². The molecule has 176 valence electrons. The van der Waals surface area contributed by atoms with Crippen molar-refractivity contribution in [3.8, 4) is 0 Å². The zero-order chi connectivity index (χ0) is 23.8. The lowest BCUT2D eigenvalue weighted by atomic mass is 10.1. The third-order valence-corrected chi connectivity index (χ3v) is 6.37. The van der Waals surface area contributed by atoms with Crippen LogP contribution in [0.25, 0.3) is 0 Å². The molecule has 0 spiro atoms. The van der Waals surface area contributed by atoms with Crippen LogP contribution in [0.1, 0.15) is 30.0 Å². The molecule has 0 aromatic heterocycles. The summed E-state index contributed by atoms with van der Waals surface area (Å²) in [6, 6.07) is 28.3. The highest BCUT2D eigenvalue weighted by Crippen LogP contribution is 2.24. The van der Waals surface area contributed by atoms with Gasteiger partial charge in [0, 0.05) is 51.9 Å². The number of nitrogens with zero attached hydrogens (tertiary/aromatic N) is 3. The van der Waals surface area contributed by atoms with E-state index in [-0.39, 0.29) is 11.8 Å². The van der Waals surface area contributed by atoms with Crippen LogP contribution in [-0.2, 0) is 29.1 Å². The van der Waals surface area contributed by atoms with Crippen LogP contribution < -0.4 is 4.90 Å². The van der Waals surface area contributed by atoms with E-state index in [2.05, 4.69) is 29.2 Å². The van der Waals surface area contributed by atoms with E-state index in [0.717, 1.165) is 42.9 Å². The number of fused-ring (bicyclic) bond motifs is 1. The Balaban J connectivity index is 1.61. The van der Waals surface area contributed by atoms with Gasteiger partial charge < -0.3 is 9.80 Å². The van der Waals surface area contributed by atoms with Gasteiger partial charge in [-0.3, -0.25) is 14.5 Å². The average molecular weight is 456 g/mol. The van der Waals surface area contributed by atoms with E-state index >= 15 is 0 Å². The van der Waals surface area contributed by atoms with Gasteiger partial charge in [0.25, 0.3) is 0 Å². The van der Waals surface area contributed by atoms with E-state index in [0.29, 0.717) is 26.1 Å². The topological polar surface area (TPSA) is 43.9 Å². The normalized spacial score (nSPS) is 15.3. The number of carbonyl (C=O) groups is 2. The van der Waals surface area contributed by atoms with Crippen LogP contribution in [0, 0.1) is 0 Å². The fourth-order valence-corrected chi connectivity index (χ4v) is 4.56. The van der Waals surface area contributed by atoms with Gasteiger partial charge in [-0.25, -0.2) is 0 Å². The summed E-state index contributed by atoms with van der Waals surface area (Å²) in [6.07, 6.45) is 1.25. The number of hydrogen-bond acceptors (Lipinski definition) is 3. The molecule has 0 N–H and O–H groups in total. The molecule has 5 heteroatoms. The number of para-hydroxylation sites is 1. The van der Waals surface area contributed by atoms with Gasteiger partial charge in [-0.15, -0.1) is 0 Å². The second-order valence-electron chi connectivity index (χ2n) is 8.89. The predicted octanol–water partition coefficient (Wildman–Crippen LogP) is 4.52. The largest absolute Gasteiger partial charge is 0.337 e. The first-order chi connectivity index (χ1) is 16.6. The Kier molecular flexibility index (Phi) is 8.10. The quantitative estimate of drug-likeness (QED) is 0.581. The smallest absolute Gasteiger partial charge is 0.227 e. The third kappa shape index (κ3) is 6.33. The monoisotopic (exact) mass is 455 g/mol. The summed E-state index contributed by atoms with van der Waals surface area (Å²) in [4.78, 5) is 32.2. The lowest BCUT2D eigenvalue weighted by Gasteiger charge is -2.28. The molecule has 0 saturated carbocycles. The standard InChI is InChI=1S/C29H33N3O2/c1-24(33)32-18-10-17-30(22-26-13-6-3-7-14-26)19-20-31(23-27-15-8-9-16-28(27)32)29(34)21-25-11-4-2-5-12-25/h2-9,11-16H,10,17-23H2,1H3. The van der Waals surface area contributed by atoms with E-state index in [9.17, 15) is 9.59 Å². The predicted molar refractivity (Wildman–Crippen MR) is 136 cm³/mol. The molecule has 4 rings (SSSR count). The lowest BCUT2D eigenvalue weighted by Crippen LogP contribution is -2.39. The Labute approximate surface area is 202 Å². The number of rotatable bonds is 4. The highest BCUT2D eigenvalue weighted by atomic mass is 16.2. The second-order valence-corrected chi connectivity index (χ2v) is 8.89. The van der Waals surface area contributed by atoms with E-state index in [1.54, 1.807) is 6.92 Å². The van der Waals surface area contributed by atoms with Crippen molar-refractivity contribution in [3.63, 3.8) is 0 Å². The van der Waals surface area contributed by atoms with Crippen molar-refractivity contribution in [2.45, 2.75) is 32.9 Å². The van der Waals surface area contributed by atoms with Crippen LogP contribution >= 0.6 is 0 Å². The van der Waals surface area contributed by atoms with Crippen molar-refractivity contribution >= 4 is 17.5 Å². The summed E-state index contributed by atoms with van der Waals surface area (Å²) in [5.74, 6) is 0.137. The second kappa shape index (κ2) is 11.6. The molecule has 0 aliphatic carbocycles. The Morgan fingerprint density at radius 3 is 2.09 bits per heavy atom. The zero-order valence-electron chi connectivity index (χ0n) is 19.9.